The summed E-state index contributed by atoms with van der Waals surface area (Å²) in [5, 5.41) is 2.91. The summed E-state index contributed by atoms with van der Waals surface area (Å²) in [6.45, 7) is 2.19. The van der Waals surface area contributed by atoms with Crippen LogP contribution in [0, 0.1) is 0 Å². The fraction of sp³-hybridized carbons (Fsp3) is 0.263. The van der Waals surface area contributed by atoms with Crippen molar-refractivity contribution in [3.63, 3.8) is 0 Å². The molecular weight excluding hydrogens is 228 g/mol. The van der Waals surface area contributed by atoms with E-state index in [0.717, 1.165) is 12.8 Å². The Labute approximate surface area is 114 Å². The molecule has 0 amide bonds. The lowest BCUT2D eigenvalue weighted by Crippen LogP contribution is -2.27. The Balaban J connectivity index is 2.05. The van der Waals surface area contributed by atoms with Crippen molar-refractivity contribution in [1.82, 2.24) is 0 Å². The molecule has 0 heterocycles. The van der Waals surface area contributed by atoms with Gasteiger partial charge in [-0.1, -0.05) is 48.1 Å². The molecule has 3 aliphatic rings. The second-order valence-electron chi connectivity index (χ2n) is 5.74. The summed E-state index contributed by atoms with van der Waals surface area (Å²) >= 11 is 0. The third-order valence-corrected chi connectivity index (χ3v) is 4.53. The van der Waals surface area contributed by atoms with Crippen LogP contribution in [0.1, 0.15) is 30.9 Å². The van der Waals surface area contributed by atoms with Gasteiger partial charge < -0.3 is 0 Å². The largest absolute Gasteiger partial charge is 0.0836 e. The summed E-state index contributed by atoms with van der Waals surface area (Å²) < 4.78 is 0. The van der Waals surface area contributed by atoms with Crippen molar-refractivity contribution in [1.29, 1.82) is 0 Å². The van der Waals surface area contributed by atoms with E-state index in [1.807, 2.05) is 0 Å². The second-order valence-corrected chi connectivity index (χ2v) is 5.74. The van der Waals surface area contributed by atoms with Gasteiger partial charge in [0.05, 0.1) is 0 Å². The monoisotopic (exact) mass is 246 g/mol. The molecule has 0 unspecified atom stereocenters. The van der Waals surface area contributed by atoms with E-state index in [-0.39, 0.29) is 0 Å². The Morgan fingerprint density at radius 3 is 2.84 bits per heavy atom. The number of fused-ring (bicyclic) bond motifs is 4. The highest BCUT2D eigenvalue weighted by atomic mass is 14.2. The molecule has 0 saturated heterocycles. The molecule has 0 spiro atoms. The highest BCUT2D eigenvalue weighted by Crippen LogP contribution is 2.27. The van der Waals surface area contributed by atoms with E-state index in [1.54, 1.807) is 16.7 Å². The molecule has 0 N–H and O–H groups in total. The first-order valence-electron chi connectivity index (χ1n) is 7.22. The predicted molar refractivity (Wildman–Crippen MR) is 81.2 cm³/mol. The van der Waals surface area contributed by atoms with Gasteiger partial charge in [-0.25, -0.2) is 0 Å². The SMILES string of the molecule is CC1=CCc2c3c(ccc2=C1)=C1C=CCCC1=CC3. The van der Waals surface area contributed by atoms with E-state index in [2.05, 4.69) is 49.4 Å². The normalized spacial score (nSPS) is 19.7. The Morgan fingerprint density at radius 2 is 1.89 bits per heavy atom. The molecule has 0 radical (unpaired) electrons. The minimum absolute atomic E-state index is 1.10. The first-order valence-corrected chi connectivity index (χ1v) is 7.22. The van der Waals surface area contributed by atoms with Crippen LogP contribution in [0.15, 0.2) is 47.6 Å². The van der Waals surface area contributed by atoms with Crippen LogP contribution in [0.5, 0.6) is 0 Å². The standard InChI is InChI=1S/C19H18/c1-13-6-9-17-15(12-13)8-11-18-16-5-3-2-4-14(16)7-10-19(17)18/h3,5-8,11-12H,2,4,9-10H2,1H3. The van der Waals surface area contributed by atoms with Gasteiger partial charge >= 0.3 is 0 Å². The van der Waals surface area contributed by atoms with Gasteiger partial charge in [0.15, 0.2) is 0 Å². The number of allylic oxidation sites excluding steroid dienone is 6. The highest BCUT2D eigenvalue weighted by molar-refractivity contribution is 5.76. The summed E-state index contributed by atoms with van der Waals surface area (Å²) in [4.78, 5) is 0. The summed E-state index contributed by atoms with van der Waals surface area (Å²) in [5.41, 5.74) is 7.53. The third kappa shape index (κ3) is 1.67. The lowest BCUT2D eigenvalue weighted by molar-refractivity contribution is 0.962. The van der Waals surface area contributed by atoms with Crippen LogP contribution < -0.4 is 10.4 Å². The molecule has 0 aromatic heterocycles. The fourth-order valence-electron chi connectivity index (χ4n) is 3.52. The molecule has 1 aromatic carbocycles. The smallest absolute Gasteiger partial charge is 0.00822 e. The van der Waals surface area contributed by atoms with Gasteiger partial charge in [0.1, 0.15) is 0 Å². The summed E-state index contributed by atoms with van der Waals surface area (Å²) in [7, 11) is 0. The third-order valence-electron chi connectivity index (χ3n) is 4.53. The van der Waals surface area contributed by atoms with Gasteiger partial charge in [0.2, 0.25) is 0 Å². The van der Waals surface area contributed by atoms with Crippen molar-refractivity contribution in [2.45, 2.75) is 32.6 Å². The molecule has 0 atom stereocenters. The lowest BCUT2D eigenvalue weighted by Gasteiger charge is -2.22. The zero-order valence-corrected chi connectivity index (χ0v) is 11.4. The summed E-state index contributed by atoms with van der Waals surface area (Å²) in [6.07, 6.45) is 16.4. The quantitative estimate of drug-likeness (QED) is 0.660. The average molecular weight is 246 g/mol. The lowest BCUT2D eigenvalue weighted by atomic mass is 9.83. The molecule has 0 heteroatoms. The van der Waals surface area contributed by atoms with Crippen LogP contribution in [0.4, 0.5) is 0 Å². The van der Waals surface area contributed by atoms with Crippen molar-refractivity contribution in [3.8, 4) is 0 Å². The maximum Gasteiger partial charge on any atom is -0.00822 e. The first kappa shape index (κ1) is 11.0. The molecule has 0 nitrogen and oxygen atoms in total. The predicted octanol–water partition coefficient (Wildman–Crippen LogP) is 2.95. The molecule has 3 aliphatic carbocycles. The van der Waals surface area contributed by atoms with Crippen LogP contribution in [0.3, 0.4) is 0 Å². The van der Waals surface area contributed by atoms with Crippen LogP contribution in [0.25, 0.3) is 11.6 Å². The fourth-order valence-corrected chi connectivity index (χ4v) is 3.52. The van der Waals surface area contributed by atoms with Crippen LogP contribution in [0.2, 0.25) is 0 Å². The van der Waals surface area contributed by atoms with E-state index in [9.17, 15) is 0 Å². The topological polar surface area (TPSA) is 0 Å². The van der Waals surface area contributed by atoms with Crippen molar-refractivity contribution >= 4 is 11.6 Å². The van der Waals surface area contributed by atoms with Crippen LogP contribution in [-0.4, -0.2) is 0 Å². The average Bonchev–Trinajstić information content (AvgIpc) is 2.46. The summed E-state index contributed by atoms with van der Waals surface area (Å²) in [5.74, 6) is 0. The Kier molecular flexibility index (Phi) is 2.38. The molecule has 19 heavy (non-hydrogen) atoms. The number of hydrogen-bond acceptors (Lipinski definition) is 0. The molecule has 0 bridgehead atoms. The molecule has 0 saturated carbocycles. The van der Waals surface area contributed by atoms with Gasteiger partial charge in [-0.15, -0.1) is 0 Å². The number of benzene rings is 1. The number of rotatable bonds is 0. The minimum Gasteiger partial charge on any atom is -0.0836 e. The van der Waals surface area contributed by atoms with Gasteiger partial charge in [-0.05, 0) is 65.3 Å². The highest BCUT2D eigenvalue weighted by Gasteiger charge is 2.16. The molecule has 4 rings (SSSR count). The molecule has 1 aromatic rings. The molecule has 0 fully saturated rings. The maximum atomic E-state index is 2.45. The van der Waals surface area contributed by atoms with Gasteiger partial charge in [0.25, 0.3) is 0 Å². The van der Waals surface area contributed by atoms with Gasteiger partial charge in [0, 0.05) is 0 Å². The Bertz CT molecular complexity index is 767. The van der Waals surface area contributed by atoms with Crippen molar-refractivity contribution < 1.29 is 0 Å². The Hall–Kier alpha value is -1.82. The van der Waals surface area contributed by atoms with Crippen LogP contribution >= 0.6 is 0 Å². The maximum absolute atomic E-state index is 2.45. The van der Waals surface area contributed by atoms with E-state index in [0.29, 0.717) is 0 Å². The second kappa shape index (κ2) is 4.09. The van der Waals surface area contributed by atoms with Crippen molar-refractivity contribution in [2.24, 2.45) is 0 Å². The molecule has 94 valence electrons. The van der Waals surface area contributed by atoms with Gasteiger partial charge in [-0.3, -0.25) is 0 Å². The summed E-state index contributed by atoms with van der Waals surface area (Å²) in [6, 6.07) is 4.64. The van der Waals surface area contributed by atoms with Crippen molar-refractivity contribution in [2.75, 3.05) is 0 Å². The van der Waals surface area contributed by atoms with E-state index in [1.165, 1.54) is 34.4 Å². The number of hydrogen-bond donors (Lipinski definition) is 0. The van der Waals surface area contributed by atoms with Crippen molar-refractivity contribution in [3.05, 3.63) is 69.1 Å². The van der Waals surface area contributed by atoms with E-state index < -0.39 is 0 Å². The van der Waals surface area contributed by atoms with E-state index >= 15 is 0 Å². The van der Waals surface area contributed by atoms with Gasteiger partial charge in [-0.2, -0.15) is 0 Å². The minimum atomic E-state index is 1.10. The molecular formula is C19H18. The van der Waals surface area contributed by atoms with E-state index in [4.69, 9.17) is 0 Å². The molecule has 0 aliphatic heterocycles. The van der Waals surface area contributed by atoms with Crippen LogP contribution in [-0.2, 0) is 12.8 Å². The Morgan fingerprint density at radius 1 is 1.00 bits per heavy atom. The zero-order chi connectivity index (χ0) is 12.8. The first-order chi connectivity index (χ1) is 9.33. The zero-order valence-electron chi connectivity index (χ0n) is 11.4.